The molecule has 3 rings (SSSR count). The smallest absolute Gasteiger partial charge is 0.275 e. The van der Waals surface area contributed by atoms with Crippen LogP contribution in [0.15, 0.2) is 45.6 Å². The maximum atomic E-state index is 12.6. The topological polar surface area (TPSA) is 59.8 Å². The molecule has 0 aliphatic rings. The average Bonchev–Trinajstić information content (AvgIpc) is 2.91. The van der Waals surface area contributed by atoms with Gasteiger partial charge in [0.25, 0.3) is 5.91 Å². The van der Waals surface area contributed by atoms with Crippen molar-refractivity contribution in [3.05, 3.63) is 51.3 Å². The second-order valence-electron chi connectivity index (χ2n) is 4.61. The lowest BCUT2D eigenvalue weighted by Gasteiger charge is -2.10. The minimum absolute atomic E-state index is 0.222. The van der Waals surface area contributed by atoms with Crippen LogP contribution in [-0.4, -0.2) is 20.7 Å². The Labute approximate surface area is 144 Å². The van der Waals surface area contributed by atoms with Crippen LogP contribution in [0.1, 0.15) is 17.4 Å². The van der Waals surface area contributed by atoms with Gasteiger partial charge in [0.2, 0.25) is 0 Å². The molecule has 112 valence electrons. The molecule has 0 radical (unpaired) electrons. The van der Waals surface area contributed by atoms with Crippen molar-refractivity contribution in [1.29, 1.82) is 0 Å². The van der Waals surface area contributed by atoms with Crippen molar-refractivity contribution < 1.29 is 4.79 Å². The van der Waals surface area contributed by atoms with Gasteiger partial charge in [-0.05, 0) is 41.1 Å². The third-order valence-corrected chi connectivity index (χ3v) is 4.55. The average molecular weight is 424 g/mol. The Morgan fingerprint density at radius 1 is 1.27 bits per heavy atom. The maximum Gasteiger partial charge on any atom is 0.275 e. The lowest BCUT2D eigenvalue weighted by atomic mass is 10.2. The van der Waals surface area contributed by atoms with Crippen LogP contribution in [0, 0.1) is 0 Å². The lowest BCUT2D eigenvalue weighted by molar-refractivity contribution is 0.101. The van der Waals surface area contributed by atoms with Gasteiger partial charge in [0.1, 0.15) is 5.69 Å². The van der Waals surface area contributed by atoms with E-state index >= 15 is 0 Å². The van der Waals surface area contributed by atoms with Gasteiger partial charge in [0.15, 0.2) is 0 Å². The van der Waals surface area contributed by atoms with Gasteiger partial charge in [0.05, 0.1) is 21.9 Å². The third-order valence-electron chi connectivity index (χ3n) is 3.27. The summed E-state index contributed by atoms with van der Waals surface area (Å²) in [5.41, 5.74) is 1.90. The normalized spacial score (nSPS) is 10.9. The first-order valence-electron chi connectivity index (χ1n) is 6.67. The van der Waals surface area contributed by atoms with E-state index in [-0.39, 0.29) is 5.91 Å². The Morgan fingerprint density at radius 2 is 2.09 bits per heavy atom. The standard InChI is InChI=1S/C15H12Br2N4O/c1-2-21-14(11(17)8-19-21)15(22)20-12-6-5-10(16)9-4-3-7-18-13(9)12/h3-8H,2H2,1H3,(H,20,22). The molecule has 0 unspecified atom stereocenters. The number of halogens is 2. The summed E-state index contributed by atoms with van der Waals surface area (Å²) in [6.07, 6.45) is 3.33. The number of hydrogen-bond donors (Lipinski definition) is 1. The molecule has 1 N–H and O–H groups in total. The summed E-state index contributed by atoms with van der Waals surface area (Å²) in [5.74, 6) is -0.222. The predicted molar refractivity (Wildman–Crippen MR) is 93.0 cm³/mol. The van der Waals surface area contributed by atoms with Crippen LogP contribution in [0.4, 0.5) is 5.69 Å². The highest BCUT2D eigenvalue weighted by Gasteiger charge is 2.18. The molecule has 0 saturated heterocycles. The summed E-state index contributed by atoms with van der Waals surface area (Å²) in [4.78, 5) is 16.9. The van der Waals surface area contributed by atoms with E-state index in [0.29, 0.717) is 22.4 Å². The van der Waals surface area contributed by atoms with Crippen molar-refractivity contribution in [3.8, 4) is 0 Å². The Kier molecular flexibility index (Phi) is 4.26. The number of amides is 1. The number of aryl methyl sites for hydroxylation is 1. The highest BCUT2D eigenvalue weighted by Crippen LogP contribution is 2.29. The fraction of sp³-hybridized carbons (Fsp3) is 0.133. The number of fused-ring (bicyclic) bond motifs is 1. The fourth-order valence-corrected chi connectivity index (χ4v) is 3.18. The van der Waals surface area contributed by atoms with Gasteiger partial charge in [-0.2, -0.15) is 5.10 Å². The minimum atomic E-state index is -0.222. The van der Waals surface area contributed by atoms with Gasteiger partial charge in [-0.25, -0.2) is 0 Å². The molecule has 0 bridgehead atoms. The van der Waals surface area contributed by atoms with Crippen LogP contribution in [0.3, 0.4) is 0 Å². The van der Waals surface area contributed by atoms with E-state index < -0.39 is 0 Å². The number of aromatic nitrogens is 3. The second-order valence-corrected chi connectivity index (χ2v) is 6.31. The van der Waals surface area contributed by atoms with Crippen LogP contribution in [-0.2, 0) is 6.54 Å². The maximum absolute atomic E-state index is 12.6. The summed E-state index contributed by atoms with van der Waals surface area (Å²) in [6.45, 7) is 2.56. The summed E-state index contributed by atoms with van der Waals surface area (Å²) in [5, 5.41) is 8.02. The molecule has 1 amide bonds. The molecule has 0 saturated carbocycles. The van der Waals surface area contributed by atoms with E-state index in [0.717, 1.165) is 15.4 Å². The quantitative estimate of drug-likeness (QED) is 0.685. The number of carbonyl (C=O) groups is 1. The van der Waals surface area contributed by atoms with Crippen molar-refractivity contribution in [3.63, 3.8) is 0 Å². The van der Waals surface area contributed by atoms with Gasteiger partial charge >= 0.3 is 0 Å². The van der Waals surface area contributed by atoms with Crippen LogP contribution in [0.5, 0.6) is 0 Å². The molecular weight excluding hydrogens is 412 g/mol. The Hall–Kier alpha value is -1.73. The monoisotopic (exact) mass is 422 g/mol. The van der Waals surface area contributed by atoms with Crippen molar-refractivity contribution in [2.45, 2.75) is 13.5 Å². The Balaban J connectivity index is 2.02. The van der Waals surface area contributed by atoms with Gasteiger partial charge < -0.3 is 5.32 Å². The molecule has 22 heavy (non-hydrogen) atoms. The number of carbonyl (C=O) groups excluding carboxylic acids is 1. The van der Waals surface area contributed by atoms with Gasteiger partial charge in [-0.1, -0.05) is 22.0 Å². The van der Waals surface area contributed by atoms with Gasteiger partial charge in [-0.3, -0.25) is 14.5 Å². The molecule has 2 heterocycles. The first-order valence-corrected chi connectivity index (χ1v) is 8.26. The first kappa shape index (κ1) is 15.2. The number of benzene rings is 1. The zero-order valence-electron chi connectivity index (χ0n) is 11.7. The summed E-state index contributed by atoms with van der Waals surface area (Å²) < 4.78 is 3.25. The summed E-state index contributed by atoms with van der Waals surface area (Å²) in [7, 11) is 0. The molecule has 7 heteroatoms. The van der Waals surface area contributed by atoms with Crippen LogP contribution >= 0.6 is 31.9 Å². The Bertz CT molecular complexity index is 860. The van der Waals surface area contributed by atoms with Crippen LogP contribution in [0.25, 0.3) is 10.9 Å². The van der Waals surface area contributed by atoms with Crippen LogP contribution in [0.2, 0.25) is 0 Å². The third kappa shape index (κ3) is 2.66. The van der Waals surface area contributed by atoms with Crippen molar-refractivity contribution in [1.82, 2.24) is 14.8 Å². The van der Waals surface area contributed by atoms with Gasteiger partial charge in [-0.15, -0.1) is 0 Å². The number of hydrogen-bond acceptors (Lipinski definition) is 3. The number of rotatable bonds is 3. The fourth-order valence-electron chi connectivity index (χ4n) is 2.25. The molecule has 0 fully saturated rings. The second kappa shape index (κ2) is 6.18. The number of nitrogens with one attached hydrogen (secondary N) is 1. The molecule has 0 aliphatic heterocycles. The number of pyridine rings is 1. The Morgan fingerprint density at radius 3 is 2.86 bits per heavy atom. The largest absolute Gasteiger partial charge is 0.319 e. The zero-order chi connectivity index (χ0) is 15.7. The van der Waals surface area contributed by atoms with Crippen molar-refractivity contribution in [2.24, 2.45) is 0 Å². The highest BCUT2D eigenvalue weighted by atomic mass is 79.9. The molecule has 5 nitrogen and oxygen atoms in total. The minimum Gasteiger partial charge on any atom is -0.319 e. The van der Waals surface area contributed by atoms with E-state index in [4.69, 9.17) is 0 Å². The van der Waals surface area contributed by atoms with E-state index in [2.05, 4.69) is 47.3 Å². The molecule has 2 aromatic heterocycles. The molecular formula is C15H12Br2N4O. The van der Waals surface area contributed by atoms with Crippen molar-refractivity contribution >= 4 is 54.4 Å². The van der Waals surface area contributed by atoms with E-state index in [1.54, 1.807) is 17.1 Å². The number of nitrogens with zero attached hydrogens (tertiary/aromatic N) is 3. The molecule has 0 spiro atoms. The predicted octanol–water partition coefficient (Wildman–Crippen LogP) is 4.23. The van der Waals surface area contributed by atoms with E-state index in [1.165, 1.54) is 0 Å². The summed E-state index contributed by atoms with van der Waals surface area (Å²) in [6, 6.07) is 7.54. The van der Waals surface area contributed by atoms with Crippen LogP contribution < -0.4 is 5.32 Å². The van der Waals surface area contributed by atoms with E-state index in [9.17, 15) is 4.79 Å². The number of anilines is 1. The lowest BCUT2D eigenvalue weighted by Crippen LogP contribution is -2.18. The first-order chi connectivity index (χ1) is 10.6. The molecule has 0 aliphatic carbocycles. The summed E-state index contributed by atoms with van der Waals surface area (Å²) >= 11 is 6.86. The van der Waals surface area contributed by atoms with Crippen molar-refractivity contribution in [2.75, 3.05) is 5.32 Å². The highest BCUT2D eigenvalue weighted by molar-refractivity contribution is 9.11. The molecule has 0 atom stereocenters. The zero-order valence-corrected chi connectivity index (χ0v) is 14.8. The van der Waals surface area contributed by atoms with Gasteiger partial charge in [0, 0.05) is 22.6 Å². The molecule has 3 aromatic rings. The molecule has 1 aromatic carbocycles. The van der Waals surface area contributed by atoms with E-state index in [1.807, 2.05) is 31.2 Å². The SMILES string of the molecule is CCn1ncc(Br)c1C(=O)Nc1ccc(Br)c2cccnc12.